The molecule has 7 nitrogen and oxygen atoms in total. The maximum Gasteiger partial charge on any atom is 0.327 e. The molecule has 0 spiro atoms. The molecule has 0 N–H and O–H groups in total. The first-order valence-corrected chi connectivity index (χ1v) is 5.28. The smallest absolute Gasteiger partial charge is 0.327 e. The van der Waals surface area contributed by atoms with Gasteiger partial charge in [0.05, 0.1) is 18.8 Å². The predicted molar refractivity (Wildman–Crippen MR) is 58.9 cm³/mol. The van der Waals surface area contributed by atoms with Gasteiger partial charge in [-0.1, -0.05) is 0 Å². The molecule has 0 aromatic rings. The molecule has 2 atom stereocenters. The molecular formula is C10H13N5O2. The van der Waals surface area contributed by atoms with Crippen LogP contribution in [-0.2, 0) is 4.79 Å². The molecule has 1 fully saturated rings. The van der Waals surface area contributed by atoms with E-state index in [4.69, 9.17) is 5.26 Å². The number of nitrogens with zero attached hydrogens (tertiary/aromatic N) is 5. The van der Waals surface area contributed by atoms with Crippen molar-refractivity contribution in [3.05, 3.63) is 0 Å². The molecule has 0 aromatic heterocycles. The van der Waals surface area contributed by atoms with Crippen LogP contribution in [0.15, 0.2) is 4.99 Å². The minimum absolute atomic E-state index is 0.297. The molecule has 0 radical (unpaired) electrons. The molecule has 2 aliphatic heterocycles. The number of carbonyl (C=O) groups excluding carboxylic acids is 2. The maximum atomic E-state index is 11.9. The molecular weight excluding hydrogens is 222 g/mol. The zero-order valence-electron chi connectivity index (χ0n) is 9.70. The number of imide groups is 1. The summed E-state index contributed by atoms with van der Waals surface area (Å²) in [6, 6.07) is 1.12. The van der Waals surface area contributed by atoms with E-state index in [9.17, 15) is 9.59 Å². The Morgan fingerprint density at radius 3 is 2.82 bits per heavy atom. The van der Waals surface area contributed by atoms with Crippen molar-refractivity contribution in [3.8, 4) is 6.07 Å². The molecule has 3 amide bonds. The molecule has 2 aliphatic rings. The Hall–Kier alpha value is -2.10. The summed E-state index contributed by atoms with van der Waals surface area (Å²) in [5.74, 6) is -0.297. The first-order valence-electron chi connectivity index (χ1n) is 5.28. The molecule has 90 valence electrons. The van der Waals surface area contributed by atoms with Crippen molar-refractivity contribution >= 4 is 18.3 Å². The summed E-state index contributed by atoms with van der Waals surface area (Å²) in [7, 11) is 3.09. The van der Waals surface area contributed by atoms with Gasteiger partial charge in [-0.2, -0.15) is 5.26 Å². The summed E-state index contributed by atoms with van der Waals surface area (Å²) in [6.45, 7) is 0.468. The molecule has 0 aliphatic carbocycles. The van der Waals surface area contributed by atoms with Crippen LogP contribution in [0.4, 0.5) is 4.79 Å². The van der Waals surface area contributed by atoms with Gasteiger partial charge in [0.15, 0.2) is 6.04 Å². The highest BCUT2D eigenvalue weighted by atomic mass is 16.2. The Kier molecular flexibility index (Phi) is 2.71. The van der Waals surface area contributed by atoms with E-state index in [2.05, 4.69) is 4.99 Å². The Bertz CT molecular complexity index is 427. The van der Waals surface area contributed by atoms with Gasteiger partial charge in [0.1, 0.15) is 6.17 Å². The van der Waals surface area contributed by atoms with Crippen LogP contribution in [0.3, 0.4) is 0 Å². The van der Waals surface area contributed by atoms with Crippen molar-refractivity contribution in [3.63, 3.8) is 0 Å². The van der Waals surface area contributed by atoms with E-state index in [0.717, 1.165) is 4.90 Å². The summed E-state index contributed by atoms with van der Waals surface area (Å²) >= 11 is 0. The van der Waals surface area contributed by atoms with Gasteiger partial charge in [-0.05, 0) is 0 Å². The van der Waals surface area contributed by atoms with Gasteiger partial charge in [-0.3, -0.25) is 14.7 Å². The summed E-state index contributed by atoms with van der Waals surface area (Å²) < 4.78 is 0. The number of fused-ring (bicyclic) bond motifs is 1. The number of urea groups is 1. The number of amides is 3. The average Bonchev–Trinajstić information content (AvgIpc) is 2.75. The topological polar surface area (TPSA) is 80.0 Å². The lowest BCUT2D eigenvalue weighted by molar-refractivity contribution is -0.134. The van der Waals surface area contributed by atoms with Gasteiger partial charge in [-0.25, -0.2) is 4.79 Å². The molecule has 0 aromatic carbocycles. The first-order chi connectivity index (χ1) is 8.07. The molecule has 0 unspecified atom stereocenters. The number of hydrogen-bond donors (Lipinski definition) is 0. The number of aliphatic imine (C=N–C) groups is 1. The standard InChI is InChI=1S/C10H13N5O2/c1-13-8-7(9(16)14(2)10(13)17)12-6-15(8)5-3-4-11/h6-8H,3,5H2,1-2H3/t7-,8+/m1/s1. The monoisotopic (exact) mass is 235 g/mol. The van der Waals surface area contributed by atoms with Crippen LogP contribution in [-0.4, -0.2) is 65.8 Å². The first kappa shape index (κ1) is 11.4. The fourth-order valence-corrected chi connectivity index (χ4v) is 2.12. The third-order valence-electron chi connectivity index (χ3n) is 3.05. The van der Waals surface area contributed by atoms with Crippen LogP contribution in [0.2, 0.25) is 0 Å². The van der Waals surface area contributed by atoms with E-state index in [1.54, 1.807) is 18.3 Å². The van der Waals surface area contributed by atoms with Gasteiger partial charge in [0, 0.05) is 20.6 Å². The van der Waals surface area contributed by atoms with E-state index in [1.807, 2.05) is 6.07 Å². The van der Waals surface area contributed by atoms with Crippen LogP contribution in [0.5, 0.6) is 0 Å². The number of rotatable bonds is 2. The van der Waals surface area contributed by atoms with E-state index < -0.39 is 6.04 Å². The second-order valence-corrected chi connectivity index (χ2v) is 4.06. The Balaban J connectivity index is 2.21. The molecule has 1 saturated heterocycles. The van der Waals surface area contributed by atoms with E-state index in [1.165, 1.54) is 11.9 Å². The molecule has 7 heteroatoms. The van der Waals surface area contributed by atoms with E-state index >= 15 is 0 Å². The van der Waals surface area contributed by atoms with Crippen molar-refractivity contribution < 1.29 is 9.59 Å². The average molecular weight is 235 g/mol. The van der Waals surface area contributed by atoms with Gasteiger partial charge in [0.25, 0.3) is 5.91 Å². The van der Waals surface area contributed by atoms with Gasteiger partial charge < -0.3 is 9.80 Å². The minimum atomic E-state index is -0.568. The Morgan fingerprint density at radius 2 is 2.18 bits per heavy atom. The summed E-state index contributed by atoms with van der Waals surface area (Å²) in [5.41, 5.74) is 0. The number of hydrogen-bond acceptors (Lipinski definition) is 5. The highest BCUT2D eigenvalue weighted by Gasteiger charge is 2.47. The minimum Gasteiger partial charge on any atom is -0.339 e. The second kappa shape index (κ2) is 4.05. The van der Waals surface area contributed by atoms with Crippen molar-refractivity contribution in [2.45, 2.75) is 18.6 Å². The lowest BCUT2D eigenvalue weighted by Gasteiger charge is -2.40. The lowest BCUT2D eigenvalue weighted by atomic mass is 10.1. The number of likely N-dealkylation sites (N-methyl/N-ethyl adjacent to an activating group) is 2. The number of carbonyl (C=O) groups is 2. The zero-order chi connectivity index (χ0) is 12.6. The van der Waals surface area contributed by atoms with Gasteiger partial charge in [0.2, 0.25) is 0 Å². The fraction of sp³-hybridized carbons (Fsp3) is 0.600. The SMILES string of the molecule is CN1C(=O)[C@@H]2N=CN(CCC#N)[C@@H]2N(C)C1=O. The second-order valence-electron chi connectivity index (χ2n) is 4.06. The van der Waals surface area contributed by atoms with Gasteiger partial charge >= 0.3 is 6.03 Å². The zero-order valence-corrected chi connectivity index (χ0v) is 9.70. The maximum absolute atomic E-state index is 11.9. The normalized spacial score (nSPS) is 27.5. The molecule has 2 rings (SSSR count). The third kappa shape index (κ3) is 1.62. The van der Waals surface area contributed by atoms with Crippen molar-refractivity contribution in [2.24, 2.45) is 4.99 Å². The van der Waals surface area contributed by atoms with Crippen LogP contribution in [0, 0.1) is 11.3 Å². The highest BCUT2D eigenvalue weighted by molar-refractivity contribution is 6.01. The molecule has 17 heavy (non-hydrogen) atoms. The van der Waals surface area contributed by atoms with Crippen LogP contribution >= 0.6 is 0 Å². The van der Waals surface area contributed by atoms with E-state index in [-0.39, 0.29) is 18.1 Å². The lowest BCUT2D eigenvalue weighted by Crippen LogP contribution is -2.64. The number of nitriles is 1. The van der Waals surface area contributed by atoms with Crippen molar-refractivity contribution in [1.29, 1.82) is 5.26 Å². The predicted octanol–water partition coefficient (Wildman–Crippen LogP) is -0.538. The molecule has 0 bridgehead atoms. The van der Waals surface area contributed by atoms with Crippen LogP contribution < -0.4 is 0 Å². The van der Waals surface area contributed by atoms with Crippen LogP contribution in [0.25, 0.3) is 0 Å². The summed E-state index contributed by atoms with van der Waals surface area (Å²) in [4.78, 5) is 32.1. The summed E-state index contributed by atoms with van der Waals surface area (Å²) in [5, 5.41) is 8.56. The van der Waals surface area contributed by atoms with E-state index in [0.29, 0.717) is 13.0 Å². The Labute approximate surface area is 98.9 Å². The largest absolute Gasteiger partial charge is 0.339 e. The molecule has 0 saturated carbocycles. The van der Waals surface area contributed by atoms with Crippen molar-refractivity contribution in [1.82, 2.24) is 14.7 Å². The molecule has 2 heterocycles. The van der Waals surface area contributed by atoms with Crippen molar-refractivity contribution in [2.75, 3.05) is 20.6 Å². The highest BCUT2D eigenvalue weighted by Crippen LogP contribution is 2.24. The van der Waals surface area contributed by atoms with Crippen LogP contribution in [0.1, 0.15) is 6.42 Å². The quantitative estimate of drug-likeness (QED) is 0.644. The fourth-order valence-electron chi connectivity index (χ4n) is 2.12. The van der Waals surface area contributed by atoms with Gasteiger partial charge in [-0.15, -0.1) is 0 Å². The summed E-state index contributed by atoms with van der Waals surface area (Å²) in [6.07, 6.45) is 1.49. The third-order valence-corrected chi connectivity index (χ3v) is 3.05. The Morgan fingerprint density at radius 1 is 1.47 bits per heavy atom.